The molecular weight excluding hydrogens is 312 g/mol. The molecule has 4 saturated heterocycles. The van der Waals surface area contributed by atoms with Crippen molar-refractivity contribution in [1.82, 2.24) is 0 Å². The fourth-order valence-corrected chi connectivity index (χ4v) is 3.77. The van der Waals surface area contributed by atoms with Gasteiger partial charge in [-0.3, -0.25) is 0 Å². The summed E-state index contributed by atoms with van der Waals surface area (Å²) in [7, 11) is 0. The van der Waals surface area contributed by atoms with Crippen LogP contribution in [0, 0.1) is 5.92 Å². The highest BCUT2D eigenvalue weighted by atomic mass is 79.9. The van der Waals surface area contributed by atoms with Crippen molar-refractivity contribution in [3.63, 3.8) is 0 Å². The molecule has 0 aromatic heterocycles. The van der Waals surface area contributed by atoms with E-state index in [0.717, 1.165) is 22.9 Å². The van der Waals surface area contributed by atoms with Gasteiger partial charge in [-0.25, -0.2) is 0 Å². The molecule has 1 aromatic rings. The van der Waals surface area contributed by atoms with Crippen LogP contribution in [0.15, 0.2) is 28.7 Å². The minimum Gasteiger partial charge on any atom is -0.315 e. The Morgan fingerprint density at radius 1 is 1.11 bits per heavy atom. The van der Waals surface area contributed by atoms with Gasteiger partial charge in [0.05, 0.1) is 5.92 Å². The minimum atomic E-state index is -0.847. The molecule has 19 heavy (non-hydrogen) atoms. The van der Waals surface area contributed by atoms with E-state index in [1.54, 1.807) is 0 Å². The normalized spacial score (nSPS) is 47.6. The Labute approximate surface area is 120 Å². The fourth-order valence-electron chi connectivity index (χ4n) is 3.50. The maximum Gasteiger partial charge on any atom is 0.238 e. The Morgan fingerprint density at radius 3 is 2.53 bits per heavy atom. The number of fused-ring (bicyclic) bond motifs is 1. The van der Waals surface area contributed by atoms with Crippen LogP contribution in [0.5, 0.6) is 0 Å². The van der Waals surface area contributed by atoms with E-state index in [2.05, 4.69) is 15.9 Å². The van der Waals surface area contributed by atoms with Gasteiger partial charge in [-0.05, 0) is 32.4 Å². The van der Waals surface area contributed by atoms with Gasteiger partial charge >= 0.3 is 0 Å². The van der Waals surface area contributed by atoms with Crippen molar-refractivity contribution in [3.05, 3.63) is 34.3 Å². The Bertz CT molecular complexity index is 533. The molecule has 0 spiro atoms. The highest BCUT2D eigenvalue weighted by molar-refractivity contribution is 9.10. The monoisotopic (exact) mass is 326 g/mol. The zero-order chi connectivity index (χ0) is 13.3. The maximum atomic E-state index is 6.16. The van der Waals surface area contributed by atoms with Crippen LogP contribution in [0.1, 0.15) is 32.3 Å². The number of benzene rings is 1. The van der Waals surface area contributed by atoms with Crippen LogP contribution >= 0.6 is 15.9 Å². The third-order valence-electron chi connectivity index (χ3n) is 4.34. The molecule has 0 aliphatic carbocycles. The SMILES string of the molecule is C[C@]12CC[C@H]3[C@](C)(OO[C@@]3(c3ccc(Br)cc3)O1)O2. The molecule has 4 aliphatic rings. The topological polar surface area (TPSA) is 36.9 Å². The summed E-state index contributed by atoms with van der Waals surface area (Å²) >= 11 is 3.44. The zero-order valence-electron chi connectivity index (χ0n) is 10.8. The third kappa shape index (κ3) is 1.53. The molecule has 4 bridgehead atoms. The molecule has 5 rings (SSSR count). The van der Waals surface area contributed by atoms with Gasteiger partial charge in [0.25, 0.3) is 0 Å². The van der Waals surface area contributed by atoms with Gasteiger partial charge in [0.15, 0.2) is 5.79 Å². The second kappa shape index (κ2) is 3.59. The van der Waals surface area contributed by atoms with Crippen molar-refractivity contribution in [2.45, 2.75) is 44.1 Å². The molecule has 4 aliphatic heterocycles. The van der Waals surface area contributed by atoms with Gasteiger partial charge in [-0.2, -0.15) is 9.78 Å². The lowest BCUT2D eigenvalue weighted by atomic mass is 9.76. The summed E-state index contributed by atoms with van der Waals surface area (Å²) in [6.07, 6.45) is 1.82. The van der Waals surface area contributed by atoms with Gasteiger partial charge in [0, 0.05) is 16.5 Å². The Kier molecular flexibility index (Phi) is 2.33. The maximum absolute atomic E-state index is 6.16. The molecule has 4 nitrogen and oxygen atoms in total. The number of hydrogen-bond acceptors (Lipinski definition) is 4. The van der Waals surface area contributed by atoms with E-state index in [-0.39, 0.29) is 5.92 Å². The lowest BCUT2D eigenvalue weighted by molar-refractivity contribution is -0.433. The van der Waals surface area contributed by atoms with Crippen LogP contribution < -0.4 is 0 Å². The quantitative estimate of drug-likeness (QED) is 0.741. The molecule has 0 unspecified atom stereocenters. The van der Waals surface area contributed by atoms with Crippen molar-refractivity contribution in [2.75, 3.05) is 0 Å². The van der Waals surface area contributed by atoms with Gasteiger partial charge in [0.2, 0.25) is 11.6 Å². The third-order valence-corrected chi connectivity index (χ3v) is 4.87. The second-order valence-corrected chi connectivity index (χ2v) is 6.70. The summed E-state index contributed by atoms with van der Waals surface area (Å²) in [5.41, 5.74) is 0.971. The first-order valence-electron chi connectivity index (χ1n) is 6.49. The van der Waals surface area contributed by atoms with Crippen LogP contribution in [-0.2, 0) is 25.0 Å². The number of ether oxygens (including phenoxy) is 2. The first kappa shape index (κ1) is 12.3. The second-order valence-electron chi connectivity index (χ2n) is 5.79. The molecule has 0 N–H and O–H groups in total. The highest BCUT2D eigenvalue weighted by Crippen LogP contribution is 2.62. The van der Waals surface area contributed by atoms with Crippen LogP contribution in [0.25, 0.3) is 0 Å². The van der Waals surface area contributed by atoms with Gasteiger partial charge in [-0.15, -0.1) is 0 Å². The van der Waals surface area contributed by atoms with E-state index in [4.69, 9.17) is 19.2 Å². The van der Waals surface area contributed by atoms with E-state index >= 15 is 0 Å². The lowest BCUT2D eigenvalue weighted by Crippen LogP contribution is -2.62. The molecule has 1 aromatic carbocycles. The molecule has 4 heterocycles. The summed E-state index contributed by atoms with van der Waals surface area (Å²) in [4.78, 5) is 11.1. The zero-order valence-corrected chi connectivity index (χ0v) is 12.4. The number of hydrogen-bond donors (Lipinski definition) is 0. The van der Waals surface area contributed by atoms with Crippen molar-refractivity contribution >= 4 is 15.9 Å². The van der Waals surface area contributed by atoms with Crippen LogP contribution in [0.2, 0.25) is 0 Å². The van der Waals surface area contributed by atoms with Crippen molar-refractivity contribution in [3.8, 4) is 0 Å². The Morgan fingerprint density at radius 2 is 1.84 bits per heavy atom. The average Bonchev–Trinajstić information content (AvgIpc) is 2.58. The molecular formula is C14H15BrO4. The molecule has 102 valence electrons. The Balaban J connectivity index is 1.84. The number of rotatable bonds is 1. The molecule has 5 heteroatoms. The van der Waals surface area contributed by atoms with Crippen LogP contribution in [-0.4, -0.2) is 11.6 Å². The van der Waals surface area contributed by atoms with Gasteiger partial charge in [-0.1, -0.05) is 28.1 Å². The summed E-state index contributed by atoms with van der Waals surface area (Å²) in [5.74, 6) is -2.17. The smallest absolute Gasteiger partial charge is 0.238 e. The van der Waals surface area contributed by atoms with Crippen molar-refractivity contribution < 1.29 is 19.2 Å². The summed E-state index contributed by atoms with van der Waals surface area (Å²) in [6.45, 7) is 3.88. The summed E-state index contributed by atoms with van der Waals surface area (Å²) in [5, 5.41) is 0. The van der Waals surface area contributed by atoms with Crippen molar-refractivity contribution in [2.24, 2.45) is 5.92 Å². The summed E-state index contributed by atoms with van der Waals surface area (Å²) < 4.78 is 13.1. The molecule has 0 radical (unpaired) electrons. The summed E-state index contributed by atoms with van der Waals surface area (Å²) in [6, 6.07) is 7.97. The van der Waals surface area contributed by atoms with Crippen molar-refractivity contribution in [1.29, 1.82) is 0 Å². The molecule has 0 amide bonds. The van der Waals surface area contributed by atoms with E-state index in [1.807, 2.05) is 38.1 Å². The lowest BCUT2D eigenvalue weighted by Gasteiger charge is -2.54. The first-order valence-corrected chi connectivity index (χ1v) is 7.28. The predicted molar refractivity (Wildman–Crippen MR) is 69.7 cm³/mol. The molecule has 0 saturated carbocycles. The first-order chi connectivity index (χ1) is 8.96. The molecule has 4 fully saturated rings. The predicted octanol–water partition coefficient (Wildman–Crippen LogP) is 3.45. The Hall–Kier alpha value is -0.460. The van der Waals surface area contributed by atoms with Gasteiger partial charge in [0.1, 0.15) is 0 Å². The van der Waals surface area contributed by atoms with Gasteiger partial charge < -0.3 is 9.47 Å². The standard InChI is InChI=1S/C14H15BrO4/c1-12-8-7-11-13(2,16-12)18-19-14(11,17-12)9-3-5-10(15)6-4-9/h3-6,11H,7-8H2,1-2H3/t11-,12+,13-,14+/m0/s1. The minimum absolute atomic E-state index is 0.0444. The average molecular weight is 327 g/mol. The molecule has 4 atom stereocenters. The van der Waals surface area contributed by atoms with E-state index in [0.29, 0.717) is 0 Å². The van der Waals surface area contributed by atoms with E-state index in [9.17, 15) is 0 Å². The number of halogens is 1. The highest BCUT2D eigenvalue weighted by Gasteiger charge is 2.72. The van der Waals surface area contributed by atoms with Crippen LogP contribution in [0.4, 0.5) is 0 Å². The van der Waals surface area contributed by atoms with E-state index < -0.39 is 17.4 Å². The van der Waals surface area contributed by atoms with Crippen LogP contribution in [0.3, 0.4) is 0 Å². The fraction of sp³-hybridized carbons (Fsp3) is 0.571. The van der Waals surface area contributed by atoms with E-state index in [1.165, 1.54) is 0 Å². The largest absolute Gasteiger partial charge is 0.315 e.